The van der Waals surface area contributed by atoms with Gasteiger partial charge in [-0.2, -0.15) is 9.78 Å². The maximum Gasteiger partial charge on any atom is 0.298 e. The van der Waals surface area contributed by atoms with Crippen LogP contribution in [-0.4, -0.2) is 26.0 Å². The molecule has 24 heavy (non-hydrogen) atoms. The molecule has 0 fully saturated rings. The summed E-state index contributed by atoms with van der Waals surface area (Å²) in [5, 5.41) is 15.0. The Morgan fingerprint density at radius 1 is 1.21 bits per heavy atom. The molecule has 2 N–H and O–H groups in total. The molecule has 0 atom stereocenters. The summed E-state index contributed by atoms with van der Waals surface area (Å²) in [5.41, 5.74) is 2.06. The number of fused-ring (bicyclic) bond motifs is 3. The van der Waals surface area contributed by atoms with Crippen LogP contribution in [0.4, 0.5) is 0 Å². The first-order valence-corrected chi connectivity index (χ1v) is 7.94. The molecule has 0 spiro atoms. The molecular weight excluding hydrogens is 372 g/mol. The Kier molecular flexibility index (Phi) is 3.42. The number of aromatic hydroxyl groups is 1. The number of para-hydroxylation sites is 2. The predicted molar refractivity (Wildman–Crippen MR) is 96.7 cm³/mol. The van der Waals surface area contributed by atoms with Crippen molar-refractivity contribution >= 4 is 44.1 Å². The number of rotatable bonds is 2. The van der Waals surface area contributed by atoms with Gasteiger partial charge >= 0.3 is 0 Å². The van der Waals surface area contributed by atoms with E-state index in [0.29, 0.717) is 21.1 Å². The van der Waals surface area contributed by atoms with Crippen molar-refractivity contribution in [3.63, 3.8) is 0 Å². The minimum Gasteiger partial charge on any atom is -0.506 e. The fourth-order valence-electron chi connectivity index (χ4n) is 2.54. The highest BCUT2D eigenvalue weighted by molar-refractivity contribution is 9.10. The van der Waals surface area contributed by atoms with Gasteiger partial charge in [0.1, 0.15) is 23.1 Å². The molecule has 4 aromatic rings. The normalized spacial score (nSPS) is 11.7. The van der Waals surface area contributed by atoms with Crippen molar-refractivity contribution < 1.29 is 5.11 Å². The summed E-state index contributed by atoms with van der Waals surface area (Å²) in [7, 11) is 0. The quantitative estimate of drug-likeness (QED) is 0.522. The molecule has 0 unspecified atom stereocenters. The van der Waals surface area contributed by atoms with Gasteiger partial charge in [-0.15, -0.1) is 0 Å². The van der Waals surface area contributed by atoms with Gasteiger partial charge in [-0.05, 0) is 34.1 Å². The number of hydrogen-bond acceptors (Lipinski definition) is 4. The number of halogens is 1. The van der Waals surface area contributed by atoms with E-state index in [1.54, 1.807) is 18.2 Å². The molecule has 0 radical (unpaired) electrons. The molecule has 7 heteroatoms. The number of benzene rings is 2. The van der Waals surface area contributed by atoms with Gasteiger partial charge in [0.2, 0.25) is 0 Å². The van der Waals surface area contributed by atoms with Crippen LogP contribution in [0.5, 0.6) is 5.75 Å². The number of aromatic nitrogens is 3. The summed E-state index contributed by atoms with van der Waals surface area (Å²) >= 11 is 3.24. The third-order valence-electron chi connectivity index (χ3n) is 3.74. The number of nitrogens with zero attached hydrogens (tertiary/aromatic N) is 3. The van der Waals surface area contributed by atoms with E-state index < -0.39 is 0 Å². The lowest BCUT2D eigenvalue weighted by Gasteiger charge is -2.01. The van der Waals surface area contributed by atoms with Crippen LogP contribution in [0.25, 0.3) is 21.9 Å². The lowest BCUT2D eigenvalue weighted by molar-refractivity contribution is 0.471. The average Bonchev–Trinajstić information content (AvgIpc) is 2.97. The first-order valence-electron chi connectivity index (χ1n) is 7.15. The van der Waals surface area contributed by atoms with Crippen LogP contribution in [0, 0.1) is 0 Å². The molecule has 2 aromatic heterocycles. The Hall–Kier alpha value is -2.93. The van der Waals surface area contributed by atoms with Crippen molar-refractivity contribution in [3.05, 3.63) is 69.2 Å². The van der Waals surface area contributed by atoms with Gasteiger partial charge in [0.15, 0.2) is 0 Å². The third kappa shape index (κ3) is 2.30. The Morgan fingerprint density at radius 3 is 2.92 bits per heavy atom. The number of aromatic amines is 1. The average molecular weight is 383 g/mol. The summed E-state index contributed by atoms with van der Waals surface area (Å²) in [4.78, 5) is 20.0. The topological polar surface area (TPSA) is 83.3 Å². The molecule has 0 saturated carbocycles. The molecule has 0 aliphatic heterocycles. The third-order valence-corrected chi connectivity index (χ3v) is 4.38. The molecule has 2 heterocycles. The largest absolute Gasteiger partial charge is 0.506 e. The Labute approximate surface area is 144 Å². The van der Waals surface area contributed by atoms with Gasteiger partial charge < -0.3 is 10.1 Å². The van der Waals surface area contributed by atoms with Crippen molar-refractivity contribution in [2.45, 2.75) is 0 Å². The summed E-state index contributed by atoms with van der Waals surface area (Å²) in [6.07, 6.45) is 2.79. The van der Waals surface area contributed by atoms with Crippen LogP contribution in [0.1, 0.15) is 5.56 Å². The number of H-pyrrole nitrogens is 1. The van der Waals surface area contributed by atoms with Crippen LogP contribution in [-0.2, 0) is 0 Å². The van der Waals surface area contributed by atoms with Crippen molar-refractivity contribution in [2.75, 3.05) is 0 Å². The van der Waals surface area contributed by atoms with Crippen LogP contribution in [0.15, 0.2) is 63.2 Å². The lowest BCUT2D eigenvalue weighted by atomic mass is 10.2. The van der Waals surface area contributed by atoms with Crippen molar-refractivity contribution in [2.24, 2.45) is 5.10 Å². The SMILES string of the molecule is O=c1c2[nH]c3ccccc3c2ncn1N=Cc1cccc(Br)c1O. The molecule has 0 bridgehead atoms. The highest BCUT2D eigenvalue weighted by Crippen LogP contribution is 2.26. The number of phenolic OH excluding ortho intramolecular Hbond substituents is 1. The van der Waals surface area contributed by atoms with Gasteiger partial charge in [0, 0.05) is 16.5 Å². The fourth-order valence-corrected chi connectivity index (χ4v) is 2.92. The van der Waals surface area contributed by atoms with Gasteiger partial charge in [-0.3, -0.25) is 4.79 Å². The van der Waals surface area contributed by atoms with Crippen molar-refractivity contribution in [3.8, 4) is 5.75 Å². The monoisotopic (exact) mass is 382 g/mol. The summed E-state index contributed by atoms with van der Waals surface area (Å²) in [5.74, 6) is 0.0638. The van der Waals surface area contributed by atoms with Crippen LogP contribution in [0.3, 0.4) is 0 Å². The van der Waals surface area contributed by atoms with E-state index in [4.69, 9.17) is 0 Å². The zero-order valence-electron chi connectivity index (χ0n) is 12.3. The van der Waals surface area contributed by atoms with Crippen LogP contribution >= 0.6 is 15.9 Å². The lowest BCUT2D eigenvalue weighted by Crippen LogP contribution is -2.17. The molecule has 0 aliphatic rings. The molecule has 118 valence electrons. The predicted octanol–water partition coefficient (Wildman–Crippen LogP) is 3.23. The number of phenols is 1. The van der Waals surface area contributed by atoms with E-state index in [2.05, 4.69) is 31.0 Å². The fraction of sp³-hybridized carbons (Fsp3) is 0. The zero-order valence-corrected chi connectivity index (χ0v) is 13.9. The van der Waals surface area contributed by atoms with E-state index in [-0.39, 0.29) is 11.3 Å². The zero-order chi connectivity index (χ0) is 16.7. The second-order valence-corrected chi connectivity index (χ2v) is 6.07. The van der Waals surface area contributed by atoms with Crippen molar-refractivity contribution in [1.29, 1.82) is 0 Å². The van der Waals surface area contributed by atoms with E-state index in [1.165, 1.54) is 12.5 Å². The number of hydrogen-bond donors (Lipinski definition) is 2. The Balaban J connectivity index is 1.84. The molecule has 0 saturated heterocycles. The minimum absolute atomic E-state index is 0.0638. The first kappa shape index (κ1) is 14.6. The van der Waals surface area contributed by atoms with E-state index >= 15 is 0 Å². The Bertz CT molecular complexity index is 1160. The molecule has 6 nitrogen and oxygen atoms in total. The van der Waals surface area contributed by atoms with Crippen molar-refractivity contribution in [1.82, 2.24) is 14.6 Å². The van der Waals surface area contributed by atoms with Crippen LogP contribution < -0.4 is 5.56 Å². The van der Waals surface area contributed by atoms with E-state index in [9.17, 15) is 9.90 Å². The van der Waals surface area contributed by atoms with Crippen LogP contribution in [0.2, 0.25) is 0 Å². The smallest absolute Gasteiger partial charge is 0.298 e. The van der Waals surface area contributed by atoms with Gasteiger partial charge in [-0.25, -0.2) is 4.98 Å². The molecule has 0 aliphatic carbocycles. The molecular formula is C17H11BrN4O2. The molecule has 0 amide bonds. The van der Waals surface area contributed by atoms with Gasteiger partial charge in [-0.1, -0.05) is 24.3 Å². The van der Waals surface area contributed by atoms with E-state index in [1.807, 2.05) is 24.3 Å². The van der Waals surface area contributed by atoms with Gasteiger partial charge in [0.25, 0.3) is 5.56 Å². The van der Waals surface area contributed by atoms with E-state index in [0.717, 1.165) is 15.6 Å². The first-order chi connectivity index (χ1) is 11.6. The number of nitrogens with one attached hydrogen (secondary N) is 1. The highest BCUT2D eigenvalue weighted by atomic mass is 79.9. The second-order valence-electron chi connectivity index (χ2n) is 5.21. The summed E-state index contributed by atoms with van der Waals surface area (Å²) in [6, 6.07) is 12.8. The Morgan fingerprint density at radius 2 is 2.04 bits per heavy atom. The maximum atomic E-state index is 12.6. The highest BCUT2D eigenvalue weighted by Gasteiger charge is 2.10. The molecule has 2 aromatic carbocycles. The molecule has 4 rings (SSSR count). The minimum atomic E-state index is -0.304. The standard InChI is InChI=1S/C17H11BrN4O2/c18-12-6-3-4-10(16(12)23)8-20-22-9-19-14-11-5-1-2-7-13(11)21-15(14)17(22)24/h1-9,21,23H. The maximum absolute atomic E-state index is 12.6. The second kappa shape index (κ2) is 5.61. The summed E-state index contributed by atoms with van der Waals surface area (Å²) < 4.78 is 1.70. The summed E-state index contributed by atoms with van der Waals surface area (Å²) in [6.45, 7) is 0. The van der Waals surface area contributed by atoms with Gasteiger partial charge in [0.05, 0.1) is 10.7 Å².